The highest BCUT2D eigenvalue weighted by molar-refractivity contribution is 7.90. The number of esters is 1. The minimum Gasteiger partial charge on any atom is -0.597 e. The Hall–Kier alpha value is -1.16. The lowest BCUT2D eigenvalue weighted by Gasteiger charge is -2.50. The van der Waals surface area contributed by atoms with Crippen LogP contribution in [-0.4, -0.2) is 60.8 Å². The van der Waals surface area contributed by atoms with E-state index in [1.54, 1.807) is 6.08 Å². The molecule has 0 amide bonds. The van der Waals surface area contributed by atoms with Gasteiger partial charge in [-0.3, -0.25) is 4.79 Å². The summed E-state index contributed by atoms with van der Waals surface area (Å²) in [7, 11) is -1.23. The molecule has 8 heteroatoms. The fourth-order valence-electron chi connectivity index (χ4n) is 3.57. The molecule has 1 unspecified atom stereocenters. The Morgan fingerprint density at radius 1 is 1.21 bits per heavy atom. The van der Waals surface area contributed by atoms with Crippen LogP contribution in [0.15, 0.2) is 36.9 Å². The summed E-state index contributed by atoms with van der Waals surface area (Å²) in [5, 5.41) is 0. The maximum atomic E-state index is 13.6. The molecule has 1 heterocycles. The summed E-state index contributed by atoms with van der Waals surface area (Å²) in [6, 6.07) is 8.98. The Morgan fingerprint density at radius 2 is 1.79 bits per heavy atom. The summed E-state index contributed by atoms with van der Waals surface area (Å²) >= 11 is -1.30. The third-order valence-electron chi connectivity index (χ3n) is 6.07. The van der Waals surface area contributed by atoms with Crippen molar-refractivity contribution < 1.29 is 23.6 Å². The maximum Gasteiger partial charge on any atom is 0.316 e. The molecule has 1 aliphatic rings. The Morgan fingerprint density at radius 3 is 2.24 bits per heavy atom. The molecule has 1 aliphatic heterocycles. The van der Waals surface area contributed by atoms with Crippen molar-refractivity contribution in [3.8, 4) is 0 Å². The van der Waals surface area contributed by atoms with Crippen molar-refractivity contribution in [1.82, 2.24) is 4.31 Å². The van der Waals surface area contributed by atoms with Crippen LogP contribution in [0.5, 0.6) is 0 Å². The monoisotopic (exact) mass is 509 g/mol. The van der Waals surface area contributed by atoms with E-state index in [1.807, 2.05) is 63.2 Å². The molecule has 0 spiro atoms. The van der Waals surface area contributed by atoms with Gasteiger partial charge in [-0.05, 0) is 51.8 Å². The number of carbonyl (C=O) groups excluding carboxylic acids is 1. The summed E-state index contributed by atoms with van der Waals surface area (Å²) in [5.74, 6) is -0.298. The molecular formula is C26H43NO5SSi. The average molecular weight is 510 g/mol. The van der Waals surface area contributed by atoms with Crippen molar-refractivity contribution in [2.24, 2.45) is 0 Å². The summed E-state index contributed by atoms with van der Waals surface area (Å²) in [6.45, 7) is 22.2. The Labute approximate surface area is 210 Å². The number of hydrogen-bond donors (Lipinski definition) is 0. The van der Waals surface area contributed by atoms with Crippen molar-refractivity contribution in [3.05, 3.63) is 48.0 Å². The van der Waals surface area contributed by atoms with Crippen molar-refractivity contribution in [2.45, 2.75) is 76.0 Å². The molecule has 0 aliphatic carbocycles. The fraction of sp³-hybridized carbons (Fsp3) is 0.654. The first-order chi connectivity index (χ1) is 15.6. The summed E-state index contributed by atoms with van der Waals surface area (Å²) in [4.78, 5) is 12.5. The van der Waals surface area contributed by atoms with Gasteiger partial charge in [-0.15, -0.1) is 0 Å². The molecular weight excluding hydrogens is 466 g/mol. The topological polar surface area (TPSA) is 71.1 Å². The Bertz CT molecular complexity index is 825. The van der Waals surface area contributed by atoms with Gasteiger partial charge < -0.3 is 18.8 Å². The van der Waals surface area contributed by atoms with Gasteiger partial charge in [-0.25, -0.2) is 0 Å². The van der Waals surface area contributed by atoms with Crippen LogP contribution in [0.1, 0.15) is 45.7 Å². The lowest BCUT2D eigenvalue weighted by Crippen LogP contribution is -2.64. The van der Waals surface area contributed by atoms with Crippen molar-refractivity contribution >= 4 is 25.4 Å². The molecule has 6 nitrogen and oxygen atoms in total. The largest absolute Gasteiger partial charge is 0.597 e. The molecule has 0 aromatic heterocycles. The molecule has 34 heavy (non-hydrogen) atoms. The van der Waals surface area contributed by atoms with E-state index in [0.29, 0.717) is 19.8 Å². The van der Waals surface area contributed by atoms with Gasteiger partial charge in [0.2, 0.25) is 0 Å². The summed E-state index contributed by atoms with van der Waals surface area (Å²) in [6.07, 6.45) is 1.56. The molecule has 0 bridgehead atoms. The van der Waals surface area contributed by atoms with Crippen LogP contribution in [0.4, 0.5) is 0 Å². The van der Waals surface area contributed by atoms with Gasteiger partial charge in [0.05, 0.1) is 18.6 Å². The van der Waals surface area contributed by atoms with E-state index in [9.17, 15) is 9.35 Å². The van der Waals surface area contributed by atoms with Crippen molar-refractivity contribution in [3.63, 3.8) is 0 Å². The van der Waals surface area contributed by atoms with E-state index in [2.05, 4.69) is 26.2 Å². The lowest BCUT2D eigenvalue weighted by atomic mass is 9.81. The smallest absolute Gasteiger partial charge is 0.316 e. The quantitative estimate of drug-likeness (QED) is 0.0987. The maximum absolute atomic E-state index is 13.6. The van der Waals surface area contributed by atoms with Crippen LogP contribution < -0.4 is 0 Å². The highest BCUT2D eigenvalue weighted by Crippen LogP contribution is 2.41. The van der Waals surface area contributed by atoms with Crippen molar-refractivity contribution in [1.29, 1.82) is 0 Å². The minimum absolute atomic E-state index is 0.187. The van der Waals surface area contributed by atoms with Gasteiger partial charge >= 0.3 is 5.97 Å². The molecule has 2 rings (SSSR count). The zero-order valence-corrected chi connectivity index (χ0v) is 24.0. The van der Waals surface area contributed by atoms with Gasteiger partial charge in [0.15, 0.2) is 0 Å². The first kappa shape index (κ1) is 29.1. The van der Waals surface area contributed by atoms with Crippen molar-refractivity contribution in [2.75, 3.05) is 33.2 Å². The van der Waals surface area contributed by atoms with Crippen LogP contribution in [-0.2, 0) is 41.3 Å². The summed E-state index contributed by atoms with van der Waals surface area (Å²) in [5.41, 5.74) is 0.530. The lowest BCUT2D eigenvalue weighted by molar-refractivity contribution is -0.148. The van der Waals surface area contributed by atoms with Gasteiger partial charge in [-0.2, -0.15) is 0 Å². The van der Waals surface area contributed by atoms with Crippen LogP contribution in [0.25, 0.3) is 0 Å². The van der Waals surface area contributed by atoms with Gasteiger partial charge in [0.1, 0.15) is 23.6 Å². The highest BCUT2D eigenvalue weighted by Gasteiger charge is 2.54. The molecule has 0 saturated carbocycles. The first-order valence-corrected chi connectivity index (χ1v) is 16.7. The van der Waals surface area contributed by atoms with Crippen LogP contribution in [0, 0.1) is 0 Å². The van der Waals surface area contributed by atoms with E-state index in [0.717, 1.165) is 17.2 Å². The number of nitrogens with zero attached hydrogens (tertiary/aromatic N) is 1. The second kappa shape index (κ2) is 11.3. The normalized spacial score (nSPS) is 17.2. The number of hydrogen-bond acceptors (Lipinski definition) is 6. The molecule has 1 atom stereocenters. The molecule has 1 saturated heterocycles. The van der Waals surface area contributed by atoms with E-state index in [-0.39, 0.29) is 19.3 Å². The van der Waals surface area contributed by atoms with Crippen LogP contribution >= 0.6 is 0 Å². The second-order valence-corrected chi connectivity index (χ2v) is 19.5. The van der Waals surface area contributed by atoms with Gasteiger partial charge in [0.25, 0.3) is 0 Å². The van der Waals surface area contributed by atoms with Gasteiger partial charge in [-0.1, -0.05) is 60.9 Å². The summed E-state index contributed by atoms with van der Waals surface area (Å²) < 4.78 is 32.2. The Kier molecular flexibility index (Phi) is 9.63. The number of carbonyl (C=O) groups is 1. The standard InChI is InChI=1S/C26H43NO5SSi/c1-10-15-32-23(28)25(5,6)21-11-13-22(14-12-21)26(18-31-19-26)27(33(29)24(2,3)4)20-30-16-17-34(7,8)9/h10-14H,1,15-20H2,2-9H3. The Balaban J connectivity index is 2.30. The molecule has 0 N–H and O–H groups in total. The SMILES string of the molecule is C=CCOC(=O)C(C)(C)c1ccc(C2(N(COCC[Si](C)(C)C)[S+]([O-])C(C)(C)C)COC2)cc1. The van der Waals surface area contributed by atoms with Crippen LogP contribution in [0.2, 0.25) is 25.7 Å². The minimum atomic E-state index is -1.30. The van der Waals surface area contributed by atoms with E-state index >= 15 is 0 Å². The zero-order valence-electron chi connectivity index (χ0n) is 22.2. The third kappa shape index (κ3) is 6.95. The van der Waals surface area contributed by atoms with E-state index in [4.69, 9.17) is 14.2 Å². The first-order valence-electron chi connectivity index (χ1n) is 11.9. The molecule has 192 valence electrons. The van der Waals surface area contributed by atoms with Crippen LogP contribution in [0.3, 0.4) is 0 Å². The highest BCUT2D eigenvalue weighted by atomic mass is 32.2. The number of rotatable bonds is 12. The molecule has 1 aromatic carbocycles. The average Bonchev–Trinajstić information content (AvgIpc) is 2.71. The fourth-order valence-corrected chi connectivity index (χ4v) is 5.68. The predicted octanol–water partition coefficient (Wildman–Crippen LogP) is 5.00. The molecule has 0 radical (unpaired) electrons. The van der Waals surface area contributed by atoms with E-state index in [1.165, 1.54) is 0 Å². The molecule has 1 fully saturated rings. The predicted molar refractivity (Wildman–Crippen MR) is 142 cm³/mol. The molecule has 1 aromatic rings. The zero-order chi connectivity index (χ0) is 25.8. The second-order valence-electron chi connectivity index (χ2n) is 11.7. The van der Waals surface area contributed by atoms with E-state index < -0.39 is 35.1 Å². The third-order valence-corrected chi connectivity index (χ3v) is 9.68. The van der Waals surface area contributed by atoms with Gasteiger partial charge in [0, 0.05) is 26.0 Å². The number of ether oxygens (including phenoxy) is 3. The number of benzene rings is 1.